The van der Waals surface area contributed by atoms with E-state index >= 15 is 0 Å². The molecule has 0 fully saturated rings. The molecule has 0 bridgehead atoms. The zero-order valence-electron chi connectivity index (χ0n) is 18.7. The van der Waals surface area contributed by atoms with E-state index in [-0.39, 0.29) is 11.7 Å². The summed E-state index contributed by atoms with van der Waals surface area (Å²) in [6.45, 7) is 2.15. The summed E-state index contributed by atoms with van der Waals surface area (Å²) in [7, 11) is 1.87. The zero-order chi connectivity index (χ0) is 23.7. The highest BCUT2D eigenvalue weighted by Gasteiger charge is 2.15. The third-order valence-corrected chi connectivity index (χ3v) is 5.62. The van der Waals surface area contributed by atoms with E-state index in [4.69, 9.17) is 4.74 Å². The molecule has 0 aliphatic heterocycles. The number of halogens is 1. The minimum absolute atomic E-state index is 0.229. The molecule has 0 unspecified atom stereocenters. The number of carbonyl (C=O) groups excluding carboxylic acids is 1. The quantitative estimate of drug-likeness (QED) is 0.372. The van der Waals surface area contributed by atoms with Gasteiger partial charge in [-0.3, -0.25) is 9.48 Å². The van der Waals surface area contributed by atoms with E-state index in [2.05, 4.69) is 20.4 Å². The molecular weight excluding hydrogens is 433 g/mol. The number of aromatic amines is 1. The maximum atomic E-state index is 13.1. The van der Waals surface area contributed by atoms with E-state index in [1.54, 1.807) is 47.4 Å². The van der Waals surface area contributed by atoms with E-state index in [1.807, 2.05) is 32.3 Å². The second kappa shape index (κ2) is 8.82. The Bertz CT molecular complexity index is 1490. The molecule has 1 amide bonds. The molecule has 0 aliphatic rings. The molecule has 0 aliphatic carbocycles. The largest absolute Gasteiger partial charge is 0.456 e. The Labute approximate surface area is 195 Å². The summed E-state index contributed by atoms with van der Waals surface area (Å²) in [6.07, 6.45) is 5.38. The van der Waals surface area contributed by atoms with Crippen molar-refractivity contribution in [3.05, 3.63) is 95.7 Å². The molecule has 0 saturated heterocycles. The summed E-state index contributed by atoms with van der Waals surface area (Å²) in [5.41, 5.74) is 4.57. The molecule has 5 aromatic rings. The molecule has 5 rings (SSSR count). The van der Waals surface area contributed by atoms with Gasteiger partial charge in [-0.15, -0.1) is 0 Å². The topological polar surface area (TPSA) is 84.8 Å². The van der Waals surface area contributed by atoms with Crippen LogP contribution in [0.15, 0.2) is 73.2 Å². The van der Waals surface area contributed by atoms with Gasteiger partial charge in [0.05, 0.1) is 17.3 Å². The first-order valence-electron chi connectivity index (χ1n) is 10.7. The summed E-state index contributed by atoms with van der Waals surface area (Å²) < 4.78 is 21.1. The second-order valence-corrected chi connectivity index (χ2v) is 8.00. The highest BCUT2D eigenvalue weighted by molar-refractivity contribution is 5.96. The maximum absolute atomic E-state index is 13.1. The lowest BCUT2D eigenvalue weighted by atomic mass is 10.1. The van der Waals surface area contributed by atoms with Gasteiger partial charge in [-0.1, -0.05) is 18.2 Å². The number of hydrogen-bond donors (Lipinski definition) is 2. The van der Waals surface area contributed by atoms with E-state index in [0.29, 0.717) is 34.8 Å². The molecule has 8 heteroatoms. The van der Waals surface area contributed by atoms with Crippen molar-refractivity contribution in [1.82, 2.24) is 25.1 Å². The molecule has 3 heterocycles. The standard InChI is InChI=1S/C26H22FN5O2/c1-16-20(26(33)29-13-17-6-8-19(27)9-7-17)4-3-5-23(16)34-24-10-11-28-25-21(24)12-22(31-25)18-14-30-32(2)15-18/h3-12,14-15H,13H2,1-2H3,(H,28,31)(H,29,33). The van der Waals surface area contributed by atoms with Crippen LogP contribution in [0.25, 0.3) is 22.3 Å². The Morgan fingerprint density at radius 1 is 1.15 bits per heavy atom. The van der Waals surface area contributed by atoms with Gasteiger partial charge in [-0.05, 0) is 48.9 Å². The van der Waals surface area contributed by atoms with Crippen molar-refractivity contribution in [2.24, 2.45) is 7.05 Å². The lowest BCUT2D eigenvalue weighted by Gasteiger charge is -2.13. The number of nitrogens with one attached hydrogen (secondary N) is 2. The van der Waals surface area contributed by atoms with Crippen LogP contribution < -0.4 is 10.1 Å². The Morgan fingerprint density at radius 2 is 1.97 bits per heavy atom. The minimum atomic E-state index is -0.309. The monoisotopic (exact) mass is 455 g/mol. The number of nitrogens with zero attached hydrogens (tertiary/aromatic N) is 3. The average molecular weight is 455 g/mol. The number of carbonyl (C=O) groups is 1. The first-order chi connectivity index (χ1) is 16.5. The van der Waals surface area contributed by atoms with Gasteiger partial charge in [0.2, 0.25) is 0 Å². The molecule has 2 N–H and O–H groups in total. The number of hydrogen-bond acceptors (Lipinski definition) is 4. The van der Waals surface area contributed by atoms with Gasteiger partial charge in [0.1, 0.15) is 23.0 Å². The lowest BCUT2D eigenvalue weighted by molar-refractivity contribution is 0.0950. The van der Waals surface area contributed by atoms with Crippen molar-refractivity contribution in [1.29, 1.82) is 0 Å². The maximum Gasteiger partial charge on any atom is 0.251 e. The number of aryl methyl sites for hydroxylation is 1. The highest BCUT2D eigenvalue weighted by Crippen LogP contribution is 2.34. The van der Waals surface area contributed by atoms with Crippen LogP contribution in [0.5, 0.6) is 11.5 Å². The number of benzene rings is 2. The fraction of sp³-hybridized carbons (Fsp3) is 0.115. The second-order valence-electron chi connectivity index (χ2n) is 8.00. The number of aromatic nitrogens is 4. The predicted molar refractivity (Wildman–Crippen MR) is 127 cm³/mol. The minimum Gasteiger partial charge on any atom is -0.456 e. The summed E-state index contributed by atoms with van der Waals surface area (Å²) in [5.74, 6) is 0.665. The van der Waals surface area contributed by atoms with E-state index < -0.39 is 0 Å². The van der Waals surface area contributed by atoms with Crippen molar-refractivity contribution >= 4 is 16.9 Å². The number of pyridine rings is 1. The van der Waals surface area contributed by atoms with Gasteiger partial charge in [0, 0.05) is 42.7 Å². The molecular formula is C26H22FN5O2. The molecule has 0 atom stereocenters. The van der Waals surface area contributed by atoms with Crippen molar-refractivity contribution in [3.63, 3.8) is 0 Å². The molecule has 2 aromatic carbocycles. The van der Waals surface area contributed by atoms with Crippen LogP contribution in [0.4, 0.5) is 4.39 Å². The average Bonchev–Trinajstić information content (AvgIpc) is 3.46. The number of ether oxygens (including phenoxy) is 1. The van der Waals surface area contributed by atoms with Gasteiger partial charge < -0.3 is 15.0 Å². The first kappa shape index (κ1) is 21.4. The number of H-pyrrole nitrogens is 1. The van der Waals surface area contributed by atoms with Crippen LogP contribution in [-0.4, -0.2) is 25.7 Å². The predicted octanol–water partition coefficient (Wildman–Crippen LogP) is 5.13. The van der Waals surface area contributed by atoms with E-state index in [0.717, 1.165) is 22.2 Å². The summed E-state index contributed by atoms with van der Waals surface area (Å²) in [5, 5.41) is 7.93. The summed E-state index contributed by atoms with van der Waals surface area (Å²) >= 11 is 0. The normalized spacial score (nSPS) is 11.0. The molecule has 0 saturated carbocycles. The van der Waals surface area contributed by atoms with Crippen LogP contribution in [0, 0.1) is 12.7 Å². The fourth-order valence-corrected chi connectivity index (χ4v) is 3.78. The first-order valence-corrected chi connectivity index (χ1v) is 10.7. The van der Waals surface area contributed by atoms with Crippen LogP contribution in [0.3, 0.4) is 0 Å². The van der Waals surface area contributed by atoms with Crippen molar-refractivity contribution in [2.45, 2.75) is 13.5 Å². The SMILES string of the molecule is Cc1c(Oc2ccnc3[nH]c(-c4cnn(C)c4)cc23)cccc1C(=O)NCc1ccc(F)cc1. The van der Waals surface area contributed by atoms with Crippen molar-refractivity contribution < 1.29 is 13.9 Å². The zero-order valence-corrected chi connectivity index (χ0v) is 18.7. The molecule has 170 valence electrons. The van der Waals surface area contributed by atoms with Crippen molar-refractivity contribution in [2.75, 3.05) is 0 Å². The number of rotatable bonds is 6. The molecule has 7 nitrogen and oxygen atoms in total. The highest BCUT2D eigenvalue weighted by atomic mass is 19.1. The lowest BCUT2D eigenvalue weighted by Crippen LogP contribution is -2.23. The Balaban J connectivity index is 1.38. The third kappa shape index (κ3) is 4.25. The van der Waals surface area contributed by atoms with Gasteiger partial charge in [0.15, 0.2) is 0 Å². The third-order valence-electron chi connectivity index (χ3n) is 5.62. The van der Waals surface area contributed by atoms with Gasteiger partial charge in [-0.2, -0.15) is 5.10 Å². The smallest absolute Gasteiger partial charge is 0.251 e. The molecule has 34 heavy (non-hydrogen) atoms. The van der Waals surface area contributed by atoms with Crippen LogP contribution in [-0.2, 0) is 13.6 Å². The van der Waals surface area contributed by atoms with Crippen molar-refractivity contribution in [3.8, 4) is 22.8 Å². The van der Waals surface area contributed by atoms with Gasteiger partial charge in [0.25, 0.3) is 5.91 Å². The van der Waals surface area contributed by atoms with Crippen LogP contribution in [0.2, 0.25) is 0 Å². The number of amides is 1. The van der Waals surface area contributed by atoms with Gasteiger partial charge >= 0.3 is 0 Å². The summed E-state index contributed by atoms with van der Waals surface area (Å²) in [6, 6.07) is 15.2. The Kier molecular flexibility index (Phi) is 5.55. The van der Waals surface area contributed by atoms with Crippen LogP contribution in [0.1, 0.15) is 21.5 Å². The number of fused-ring (bicyclic) bond motifs is 1. The molecule has 0 radical (unpaired) electrons. The fourth-order valence-electron chi connectivity index (χ4n) is 3.78. The van der Waals surface area contributed by atoms with E-state index in [1.165, 1.54) is 12.1 Å². The Hall–Kier alpha value is -4.46. The van der Waals surface area contributed by atoms with E-state index in [9.17, 15) is 9.18 Å². The Morgan fingerprint density at radius 3 is 2.74 bits per heavy atom. The molecule has 3 aromatic heterocycles. The van der Waals surface area contributed by atoms with Gasteiger partial charge in [-0.25, -0.2) is 9.37 Å². The summed E-state index contributed by atoms with van der Waals surface area (Å²) in [4.78, 5) is 20.5. The van der Waals surface area contributed by atoms with Crippen LogP contribution >= 0.6 is 0 Å². The molecule has 0 spiro atoms.